The molecule has 27 heavy (non-hydrogen) atoms. The van der Waals surface area contributed by atoms with Crippen LogP contribution in [0.4, 0.5) is 15.6 Å². The Hall–Kier alpha value is -2.06. The van der Waals surface area contributed by atoms with Crippen LogP contribution in [0.25, 0.3) is 0 Å². The molecule has 2 amide bonds. The summed E-state index contributed by atoms with van der Waals surface area (Å²) in [7, 11) is 0. The number of carbonyl (C=O) groups is 2. The molecule has 2 aromatic rings. The Kier molecular flexibility index (Phi) is 6.73. The monoisotopic (exact) mass is 405 g/mol. The lowest BCUT2D eigenvalue weighted by molar-refractivity contribution is -0.133. The molecule has 0 saturated heterocycles. The molecule has 1 heterocycles. The summed E-state index contributed by atoms with van der Waals surface area (Å²) in [5.41, 5.74) is 2.03. The molecule has 1 saturated carbocycles. The van der Waals surface area contributed by atoms with Crippen LogP contribution in [0.5, 0.6) is 0 Å². The van der Waals surface area contributed by atoms with Crippen LogP contribution in [0.3, 0.4) is 0 Å². The van der Waals surface area contributed by atoms with Crippen molar-refractivity contribution < 1.29 is 14.7 Å². The van der Waals surface area contributed by atoms with Gasteiger partial charge in [-0.15, -0.1) is 11.8 Å². The molecule has 0 aliphatic heterocycles. The van der Waals surface area contributed by atoms with Crippen molar-refractivity contribution in [2.24, 2.45) is 5.92 Å². The molecule has 1 aromatic carbocycles. The molecular weight excluding hydrogens is 382 g/mol. The fraction of sp³-hybridized carbons (Fsp3) is 0.421. The molecule has 1 aromatic heterocycles. The van der Waals surface area contributed by atoms with Crippen molar-refractivity contribution in [3.63, 3.8) is 0 Å². The molecule has 8 heteroatoms. The number of hydrogen-bond donors (Lipinski definition) is 2. The van der Waals surface area contributed by atoms with Crippen LogP contribution in [0.15, 0.2) is 34.7 Å². The van der Waals surface area contributed by atoms with Crippen molar-refractivity contribution >= 4 is 45.9 Å². The number of aromatic nitrogens is 1. The first-order valence-corrected chi connectivity index (χ1v) is 10.8. The third-order valence-electron chi connectivity index (χ3n) is 4.54. The fourth-order valence-corrected chi connectivity index (χ4v) is 4.74. The van der Waals surface area contributed by atoms with Crippen molar-refractivity contribution in [3.8, 4) is 0 Å². The van der Waals surface area contributed by atoms with Crippen molar-refractivity contribution in [2.75, 3.05) is 22.5 Å². The molecule has 1 aliphatic rings. The first-order valence-electron chi connectivity index (χ1n) is 8.97. The van der Waals surface area contributed by atoms with Crippen molar-refractivity contribution in [3.05, 3.63) is 36.0 Å². The second kappa shape index (κ2) is 9.23. The van der Waals surface area contributed by atoms with Gasteiger partial charge >= 0.3 is 12.0 Å². The minimum Gasteiger partial charge on any atom is -0.481 e. The van der Waals surface area contributed by atoms with E-state index in [4.69, 9.17) is 5.11 Å². The summed E-state index contributed by atoms with van der Waals surface area (Å²) in [5.74, 6) is -0.372. The number of carbonyl (C=O) groups excluding carboxylic acids is 1. The number of rotatable bonds is 7. The topological polar surface area (TPSA) is 82.5 Å². The molecule has 0 atom stereocenters. The van der Waals surface area contributed by atoms with E-state index in [1.807, 2.05) is 31.2 Å². The van der Waals surface area contributed by atoms with Gasteiger partial charge in [-0.25, -0.2) is 9.78 Å². The predicted molar refractivity (Wildman–Crippen MR) is 110 cm³/mol. The highest BCUT2D eigenvalue weighted by Crippen LogP contribution is 2.30. The Morgan fingerprint density at radius 1 is 1.30 bits per heavy atom. The molecule has 6 nitrogen and oxygen atoms in total. The van der Waals surface area contributed by atoms with E-state index in [9.17, 15) is 9.59 Å². The molecular formula is C19H23N3O3S2. The summed E-state index contributed by atoms with van der Waals surface area (Å²) in [6, 6.07) is 7.76. The van der Waals surface area contributed by atoms with Gasteiger partial charge in [0.15, 0.2) is 5.13 Å². The number of carboxylic acid groups (broad SMARTS) is 1. The van der Waals surface area contributed by atoms with Crippen LogP contribution >= 0.6 is 23.1 Å². The van der Waals surface area contributed by atoms with Gasteiger partial charge in [0.25, 0.3) is 0 Å². The maximum absolute atomic E-state index is 12.9. The fourth-order valence-electron chi connectivity index (χ4n) is 3.16. The summed E-state index contributed by atoms with van der Waals surface area (Å²) in [6.45, 7) is 2.72. The van der Waals surface area contributed by atoms with E-state index in [-0.39, 0.29) is 11.8 Å². The molecule has 3 rings (SSSR count). The number of carboxylic acids is 1. The molecule has 0 spiro atoms. The van der Waals surface area contributed by atoms with Gasteiger partial charge < -0.3 is 5.11 Å². The quantitative estimate of drug-likeness (QED) is 0.643. The van der Waals surface area contributed by atoms with Crippen molar-refractivity contribution in [1.82, 2.24) is 4.98 Å². The number of nitrogens with one attached hydrogen (secondary N) is 1. The van der Waals surface area contributed by atoms with Crippen molar-refractivity contribution in [2.45, 2.75) is 36.8 Å². The Morgan fingerprint density at radius 2 is 2.00 bits per heavy atom. The van der Waals surface area contributed by atoms with E-state index in [1.165, 1.54) is 35.9 Å². The average molecular weight is 406 g/mol. The Morgan fingerprint density at radius 3 is 2.67 bits per heavy atom. The minimum absolute atomic E-state index is 0.0211. The van der Waals surface area contributed by atoms with Gasteiger partial charge in [0.1, 0.15) is 0 Å². The van der Waals surface area contributed by atoms with E-state index in [1.54, 1.807) is 11.1 Å². The molecule has 0 bridgehead atoms. The number of nitrogens with zero attached hydrogens (tertiary/aromatic N) is 2. The zero-order chi connectivity index (χ0) is 19.2. The smallest absolute Gasteiger partial charge is 0.328 e. The van der Waals surface area contributed by atoms with Crippen LogP contribution < -0.4 is 10.2 Å². The highest BCUT2D eigenvalue weighted by molar-refractivity contribution is 8.01. The van der Waals surface area contributed by atoms with Gasteiger partial charge in [-0.05, 0) is 37.8 Å². The van der Waals surface area contributed by atoms with Crippen LogP contribution in [0.2, 0.25) is 0 Å². The largest absolute Gasteiger partial charge is 0.481 e. The van der Waals surface area contributed by atoms with Crippen LogP contribution in [0, 0.1) is 12.8 Å². The number of hydrogen-bond acceptors (Lipinski definition) is 5. The first kappa shape index (κ1) is 19.7. The Bertz CT molecular complexity index is 786. The van der Waals surface area contributed by atoms with Gasteiger partial charge in [0.05, 0.1) is 16.2 Å². The van der Waals surface area contributed by atoms with Gasteiger partial charge in [-0.3, -0.25) is 15.0 Å². The van der Waals surface area contributed by atoms with Crippen molar-refractivity contribution in [1.29, 1.82) is 0 Å². The number of thioether (sulfide) groups is 1. The molecule has 1 fully saturated rings. The predicted octanol–water partition coefficient (Wildman–Crippen LogP) is 4.86. The van der Waals surface area contributed by atoms with Crippen LogP contribution in [0.1, 0.15) is 31.2 Å². The SMILES string of the molecule is Cc1ccc(N(CC2CCCC2)C(=O)Nc2ncc(SCC(=O)O)s2)cc1. The highest BCUT2D eigenvalue weighted by atomic mass is 32.2. The Balaban J connectivity index is 1.70. The number of thiazole rings is 1. The van der Waals surface area contributed by atoms with E-state index >= 15 is 0 Å². The van der Waals surface area contributed by atoms with E-state index in [0.29, 0.717) is 17.6 Å². The van der Waals surface area contributed by atoms with E-state index in [0.717, 1.165) is 28.3 Å². The number of urea groups is 1. The summed E-state index contributed by atoms with van der Waals surface area (Å²) < 4.78 is 0.769. The third kappa shape index (κ3) is 5.71. The zero-order valence-electron chi connectivity index (χ0n) is 15.2. The summed E-state index contributed by atoms with van der Waals surface area (Å²) in [4.78, 5) is 29.6. The summed E-state index contributed by atoms with van der Waals surface area (Å²) in [5, 5.41) is 12.1. The van der Waals surface area contributed by atoms with E-state index in [2.05, 4.69) is 10.3 Å². The summed E-state index contributed by atoms with van der Waals surface area (Å²) in [6.07, 6.45) is 6.36. The number of amides is 2. The lowest BCUT2D eigenvalue weighted by Crippen LogP contribution is -2.38. The van der Waals surface area contributed by atoms with E-state index < -0.39 is 5.97 Å². The summed E-state index contributed by atoms with van der Waals surface area (Å²) >= 11 is 2.49. The lowest BCUT2D eigenvalue weighted by Gasteiger charge is -2.25. The number of aliphatic carboxylic acids is 1. The van der Waals surface area contributed by atoms with Crippen LogP contribution in [-0.2, 0) is 4.79 Å². The average Bonchev–Trinajstić information content (AvgIpc) is 3.30. The molecule has 0 radical (unpaired) electrons. The van der Waals surface area contributed by atoms with Crippen LogP contribution in [-0.4, -0.2) is 34.4 Å². The maximum atomic E-state index is 12.9. The highest BCUT2D eigenvalue weighted by Gasteiger charge is 2.24. The number of aryl methyl sites for hydroxylation is 1. The lowest BCUT2D eigenvalue weighted by atomic mass is 10.1. The first-order chi connectivity index (χ1) is 13.0. The Labute approximate surface area is 167 Å². The second-order valence-electron chi connectivity index (χ2n) is 6.69. The molecule has 0 unspecified atom stereocenters. The second-order valence-corrected chi connectivity index (χ2v) is 9.00. The maximum Gasteiger partial charge on any atom is 0.328 e. The molecule has 1 aliphatic carbocycles. The normalized spacial score (nSPS) is 14.3. The van der Waals surface area contributed by atoms with Gasteiger partial charge in [-0.1, -0.05) is 41.9 Å². The minimum atomic E-state index is -0.874. The number of anilines is 2. The third-order valence-corrected chi connectivity index (χ3v) is 6.63. The van der Waals surface area contributed by atoms with Gasteiger partial charge in [0, 0.05) is 12.2 Å². The van der Waals surface area contributed by atoms with Gasteiger partial charge in [0.2, 0.25) is 0 Å². The molecule has 2 N–H and O–H groups in total. The number of benzene rings is 1. The molecule has 144 valence electrons. The van der Waals surface area contributed by atoms with Gasteiger partial charge in [-0.2, -0.15) is 0 Å². The zero-order valence-corrected chi connectivity index (χ0v) is 16.8. The standard InChI is InChI=1S/C19H23N3O3S2/c1-13-6-8-15(9-7-13)22(11-14-4-2-3-5-14)19(25)21-18-20-10-17(27-18)26-12-16(23)24/h6-10,14H,2-5,11-12H2,1H3,(H,23,24)(H,20,21,25).